The van der Waals surface area contributed by atoms with Crippen LogP contribution in [-0.4, -0.2) is 37.9 Å². The van der Waals surface area contributed by atoms with Crippen LogP contribution in [0.3, 0.4) is 0 Å². The van der Waals surface area contributed by atoms with Crippen LogP contribution in [0.2, 0.25) is 0 Å². The van der Waals surface area contributed by atoms with E-state index in [0.717, 1.165) is 4.47 Å². The molecule has 0 radical (unpaired) electrons. The Bertz CT molecular complexity index is 1650. The van der Waals surface area contributed by atoms with Gasteiger partial charge in [-0.25, -0.2) is 10.2 Å². The lowest BCUT2D eigenvalue weighted by Gasteiger charge is -2.10. The molecule has 4 aromatic rings. The van der Waals surface area contributed by atoms with Crippen molar-refractivity contribution in [3.8, 4) is 23.0 Å². The number of amides is 2. The van der Waals surface area contributed by atoms with Crippen molar-refractivity contribution in [1.29, 1.82) is 0 Å². The van der Waals surface area contributed by atoms with E-state index < -0.39 is 11.9 Å². The summed E-state index contributed by atoms with van der Waals surface area (Å²) in [7, 11) is 1.45. The zero-order chi connectivity index (χ0) is 28.8. The van der Waals surface area contributed by atoms with Crippen molar-refractivity contribution >= 4 is 45.6 Å². The van der Waals surface area contributed by atoms with Crippen LogP contribution in [0.25, 0.3) is 0 Å². The molecule has 0 unspecified atom stereocenters. The van der Waals surface area contributed by atoms with E-state index in [9.17, 15) is 14.4 Å². The van der Waals surface area contributed by atoms with Crippen LogP contribution in [-0.2, 0) is 0 Å². The van der Waals surface area contributed by atoms with Gasteiger partial charge in [-0.2, -0.15) is 5.10 Å². The quantitative estimate of drug-likeness (QED) is 0.117. The summed E-state index contributed by atoms with van der Waals surface area (Å²) in [4.78, 5) is 37.8. The van der Waals surface area contributed by atoms with Gasteiger partial charge in [-0.05, 0) is 84.4 Å². The number of halogens is 1. The van der Waals surface area contributed by atoms with E-state index in [-0.39, 0.29) is 18.4 Å². The highest BCUT2D eigenvalue weighted by Crippen LogP contribution is 2.33. The molecule has 206 valence electrons. The molecule has 0 saturated carbocycles. The lowest BCUT2D eigenvalue weighted by Crippen LogP contribution is -2.18. The third kappa shape index (κ3) is 6.71. The van der Waals surface area contributed by atoms with Gasteiger partial charge in [-0.1, -0.05) is 22.0 Å². The highest BCUT2D eigenvalue weighted by atomic mass is 79.9. The van der Waals surface area contributed by atoms with Crippen LogP contribution >= 0.6 is 15.9 Å². The Hall–Kier alpha value is -5.16. The monoisotopic (exact) mass is 615 g/mol. The van der Waals surface area contributed by atoms with Gasteiger partial charge in [0.15, 0.2) is 23.0 Å². The van der Waals surface area contributed by atoms with Gasteiger partial charge in [0.05, 0.1) is 18.9 Å². The third-order valence-corrected chi connectivity index (χ3v) is 6.40. The Labute approximate surface area is 243 Å². The van der Waals surface area contributed by atoms with Gasteiger partial charge in [0.1, 0.15) is 0 Å². The summed E-state index contributed by atoms with van der Waals surface area (Å²) >= 11 is 3.33. The van der Waals surface area contributed by atoms with Crippen molar-refractivity contribution in [2.75, 3.05) is 19.2 Å². The van der Waals surface area contributed by atoms with Crippen molar-refractivity contribution in [2.24, 2.45) is 5.10 Å². The highest BCUT2D eigenvalue weighted by Gasteiger charge is 2.17. The van der Waals surface area contributed by atoms with Gasteiger partial charge < -0.3 is 24.3 Å². The minimum atomic E-state index is -0.529. The predicted molar refractivity (Wildman–Crippen MR) is 154 cm³/mol. The Kier molecular flexibility index (Phi) is 8.26. The van der Waals surface area contributed by atoms with Crippen molar-refractivity contribution in [2.45, 2.75) is 0 Å². The molecule has 0 bridgehead atoms. The zero-order valence-electron chi connectivity index (χ0n) is 21.6. The molecule has 0 saturated heterocycles. The average Bonchev–Trinajstić information content (AvgIpc) is 3.46. The number of ether oxygens (including phenoxy) is 4. The Balaban J connectivity index is 1.19. The van der Waals surface area contributed by atoms with Gasteiger partial charge in [0.25, 0.3) is 11.8 Å². The molecule has 0 aliphatic carbocycles. The van der Waals surface area contributed by atoms with Gasteiger partial charge in [0, 0.05) is 21.3 Å². The summed E-state index contributed by atoms with van der Waals surface area (Å²) in [6.07, 6.45) is 1.42. The van der Waals surface area contributed by atoms with Gasteiger partial charge in [-0.3, -0.25) is 9.59 Å². The smallest absolute Gasteiger partial charge is 0.343 e. The molecule has 0 spiro atoms. The first-order valence-corrected chi connectivity index (χ1v) is 13.0. The number of fused-ring (bicyclic) bond motifs is 1. The van der Waals surface area contributed by atoms with Gasteiger partial charge in [0.2, 0.25) is 6.79 Å². The number of methoxy groups -OCH3 is 1. The second kappa shape index (κ2) is 12.3. The number of benzene rings is 4. The largest absolute Gasteiger partial charge is 0.493 e. The lowest BCUT2D eigenvalue weighted by molar-refractivity contribution is 0.0729. The Morgan fingerprint density at radius 2 is 1.59 bits per heavy atom. The van der Waals surface area contributed by atoms with E-state index in [2.05, 4.69) is 31.8 Å². The molecule has 0 aromatic heterocycles. The normalized spacial score (nSPS) is 11.7. The van der Waals surface area contributed by atoms with Crippen LogP contribution in [0.4, 0.5) is 5.69 Å². The van der Waals surface area contributed by atoms with Crippen LogP contribution < -0.4 is 29.7 Å². The van der Waals surface area contributed by atoms with Crippen LogP contribution in [0.1, 0.15) is 36.6 Å². The summed E-state index contributed by atoms with van der Waals surface area (Å²) in [5.74, 6) is 0.260. The number of carbonyl (C=O) groups is 3. The number of esters is 1. The summed E-state index contributed by atoms with van der Waals surface area (Å²) in [5, 5.41) is 6.77. The number of carbonyl (C=O) groups excluding carboxylic acids is 3. The van der Waals surface area contributed by atoms with Crippen LogP contribution in [0.5, 0.6) is 23.0 Å². The van der Waals surface area contributed by atoms with Crippen molar-refractivity contribution < 1.29 is 33.3 Å². The molecule has 11 heteroatoms. The minimum Gasteiger partial charge on any atom is -0.493 e. The second-order valence-corrected chi connectivity index (χ2v) is 9.52. The van der Waals surface area contributed by atoms with Gasteiger partial charge in [-0.15, -0.1) is 0 Å². The van der Waals surface area contributed by atoms with Crippen LogP contribution in [0, 0.1) is 0 Å². The van der Waals surface area contributed by atoms with Crippen molar-refractivity contribution in [3.63, 3.8) is 0 Å². The van der Waals surface area contributed by atoms with E-state index >= 15 is 0 Å². The average molecular weight is 616 g/mol. The summed E-state index contributed by atoms with van der Waals surface area (Å²) in [5.41, 5.74) is 4.55. The van der Waals surface area contributed by atoms with E-state index in [1.807, 2.05) is 0 Å². The van der Waals surface area contributed by atoms with Crippen molar-refractivity contribution in [1.82, 2.24) is 5.43 Å². The summed E-state index contributed by atoms with van der Waals surface area (Å²) < 4.78 is 22.3. The number of nitrogens with one attached hydrogen (secondary N) is 2. The molecule has 1 heterocycles. The molecule has 4 aromatic carbocycles. The van der Waals surface area contributed by atoms with Crippen molar-refractivity contribution in [3.05, 3.63) is 112 Å². The summed E-state index contributed by atoms with van der Waals surface area (Å²) in [6.45, 7) is 0.113. The number of hydrogen-bond acceptors (Lipinski definition) is 8. The van der Waals surface area contributed by atoms with E-state index in [4.69, 9.17) is 18.9 Å². The number of hydrazone groups is 1. The zero-order valence-corrected chi connectivity index (χ0v) is 23.1. The maximum absolute atomic E-state index is 12.7. The fourth-order valence-electron chi connectivity index (χ4n) is 3.80. The molecule has 0 atom stereocenters. The first-order valence-electron chi connectivity index (χ1n) is 12.2. The Morgan fingerprint density at radius 3 is 2.39 bits per heavy atom. The number of rotatable bonds is 8. The fourth-order valence-corrected chi connectivity index (χ4v) is 4.07. The molecule has 41 heavy (non-hydrogen) atoms. The van der Waals surface area contributed by atoms with E-state index in [1.54, 1.807) is 78.9 Å². The maximum Gasteiger partial charge on any atom is 0.343 e. The summed E-state index contributed by atoms with van der Waals surface area (Å²) in [6, 6.07) is 23.0. The second-order valence-electron chi connectivity index (χ2n) is 8.61. The molecular weight excluding hydrogens is 594 g/mol. The van der Waals surface area contributed by atoms with Gasteiger partial charge >= 0.3 is 5.97 Å². The SMILES string of the molecule is COc1cc(C=NNC(=O)c2cccc(NC(=O)c3ccc4c(c3)OCO4)c2)ccc1OC(=O)c1ccc(Br)cc1. The third-order valence-electron chi connectivity index (χ3n) is 5.87. The molecule has 0 fully saturated rings. The maximum atomic E-state index is 12.7. The van der Waals surface area contributed by atoms with E-state index in [0.29, 0.717) is 45.2 Å². The molecule has 5 rings (SSSR count). The number of nitrogens with zero attached hydrogens (tertiary/aromatic N) is 1. The standard InChI is InChI=1S/C30H22BrN3O7/c1-38-26-13-18(5-11-25(26)41-30(37)19-6-9-22(31)10-7-19)16-32-34-29(36)20-3-2-4-23(14-20)33-28(35)21-8-12-24-27(15-21)40-17-39-24/h2-16H,17H2,1H3,(H,33,35)(H,34,36). The topological polar surface area (TPSA) is 125 Å². The molecule has 2 amide bonds. The molecule has 1 aliphatic heterocycles. The number of anilines is 1. The molecule has 10 nitrogen and oxygen atoms in total. The Morgan fingerprint density at radius 1 is 0.829 bits per heavy atom. The minimum absolute atomic E-state index is 0.113. The fraction of sp³-hybridized carbons (Fsp3) is 0.0667. The first kappa shape index (κ1) is 27.4. The van der Waals surface area contributed by atoms with E-state index in [1.165, 1.54) is 19.4 Å². The molecule has 2 N–H and O–H groups in total. The number of hydrogen-bond donors (Lipinski definition) is 2. The first-order chi connectivity index (χ1) is 19.9. The highest BCUT2D eigenvalue weighted by molar-refractivity contribution is 9.10. The molecule has 1 aliphatic rings. The lowest BCUT2D eigenvalue weighted by atomic mass is 10.1. The predicted octanol–water partition coefficient (Wildman–Crippen LogP) is 5.42. The van der Waals surface area contributed by atoms with Crippen LogP contribution in [0.15, 0.2) is 94.5 Å². The molecular formula is C30H22BrN3O7.